The van der Waals surface area contributed by atoms with Crippen LogP contribution in [0.2, 0.25) is 0 Å². The van der Waals surface area contributed by atoms with Gasteiger partial charge in [0.1, 0.15) is 62.5 Å². The molecule has 0 N–H and O–H groups in total. The van der Waals surface area contributed by atoms with Crippen LogP contribution in [-0.4, -0.2) is 142 Å². The van der Waals surface area contributed by atoms with Crippen LogP contribution in [-0.2, 0) is 105 Å². The Labute approximate surface area is 535 Å². The molecular formula is C69H102O22. The van der Waals surface area contributed by atoms with Gasteiger partial charge in [0, 0.05) is 11.8 Å². The minimum Gasteiger partial charge on any atom is -0.462 e. The highest BCUT2D eigenvalue weighted by Crippen LogP contribution is 2.52. The van der Waals surface area contributed by atoms with Gasteiger partial charge in [-0.2, -0.15) is 0 Å². The van der Waals surface area contributed by atoms with Gasteiger partial charge in [0.2, 0.25) is 0 Å². The molecule has 0 aromatic carbocycles. The largest absolute Gasteiger partial charge is 0.462 e. The predicted octanol–water partition coefficient (Wildman–Crippen LogP) is 9.08. The SMILES string of the molecule is CCC(C)(C)C(=O)OCCOC(=O)COC1C2CC3CC(C2)C(=O)OC1C3.CCC(C)(C)C(=O)OCOC1C2CC3CC(C2)C(=O)OC1C3.CCC(C)C(=O)OC1C2CC3CC(C2)C(=O)OC1C3.CCC(C)C(=O)OCC(=O)OC1C2CC3CC(C2)C(=O)OC1C3. The summed E-state index contributed by atoms with van der Waals surface area (Å²) >= 11 is 0. The second kappa shape index (κ2) is 30.4. The number of esters is 10. The zero-order valence-corrected chi connectivity index (χ0v) is 55.4. The molecule has 16 fully saturated rings. The number of fused-ring (bicyclic) bond motifs is 4. The highest BCUT2D eigenvalue weighted by molar-refractivity contribution is 5.79. The summed E-state index contributed by atoms with van der Waals surface area (Å²) in [6.45, 7) is 18.2. The number of carbonyl (C=O) groups is 10. The van der Waals surface area contributed by atoms with E-state index in [1.807, 2.05) is 62.3 Å². The van der Waals surface area contributed by atoms with Crippen molar-refractivity contribution in [3.63, 3.8) is 0 Å². The third-order valence-electron chi connectivity index (χ3n) is 22.5. The fourth-order valence-electron chi connectivity index (χ4n) is 16.3. The molecule has 16 bridgehead atoms. The molecule has 8 aliphatic carbocycles. The van der Waals surface area contributed by atoms with E-state index in [1.165, 1.54) is 0 Å². The van der Waals surface area contributed by atoms with Crippen molar-refractivity contribution in [2.24, 2.45) is 93.7 Å². The van der Waals surface area contributed by atoms with Crippen molar-refractivity contribution < 1.29 is 105 Å². The summed E-state index contributed by atoms with van der Waals surface area (Å²) in [5, 5.41) is 0. The summed E-state index contributed by atoms with van der Waals surface area (Å²) in [6, 6.07) is 0. The Kier molecular flexibility index (Phi) is 23.3. The van der Waals surface area contributed by atoms with Crippen molar-refractivity contribution >= 4 is 59.7 Å². The molecule has 16 aliphatic rings. The molecule has 0 aromatic rings. The summed E-state index contributed by atoms with van der Waals surface area (Å²) in [7, 11) is 0. The minimum absolute atomic E-state index is 0.00435. The first-order chi connectivity index (χ1) is 43.3. The van der Waals surface area contributed by atoms with Gasteiger partial charge in [0.05, 0.1) is 52.4 Å². The van der Waals surface area contributed by atoms with Crippen LogP contribution in [0.3, 0.4) is 0 Å². The van der Waals surface area contributed by atoms with Crippen LogP contribution in [0, 0.1) is 93.7 Å². The maximum Gasteiger partial charge on any atom is 0.344 e. The van der Waals surface area contributed by atoms with Gasteiger partial charge in [-0.25, -0.2) is 9.59 Å². The van der Waals surface area contributed by atoms with Crippen LogP contribution >= 0.6 is 0 Å². The molecule has 0 amide bonds. The van der Waals surface area contributed by atoms with Crippen LogP contribution in [0.25, 0.3) is 0 Å². The quantitative estimate of drug-likeness (QED) is 0.0448. The van der Waals surface area contributed by atoms with Gasteiger partial charge in [-0.15, -0.1) is 0 Å². The summed E-state index contributed by atoms with van der Waals surface area (Å²) in [5.74, 6) is 0.503. The van der Waals surface area contributed by atoms with Crippen LogP contribution in [0.15, 0.2) is 0 Å². The van der Waals surface area contributed by atoms with Crippen LogP contribution in [0.5, 0.6) is 0 Å². The number of hydrogen-bond acceptors (Lipinski definition) is 22. The smallest absolute Gasteiger partial charge is 0.344 e. The molecule has 510 valence electrons. The summed E-state index contributed by atoms with van der Waals surface area (Å²) in [5.41, 5.74) is -1.03. The van der Waals surface area contributed by atoms with Crippen LogP contribution in [0.1, 0.15) is 198 Å². The Balaban J connectivity index is 0.000000145. The molecular weight excluding hydrogens is 1180 g/mol. The molecule has 22 heteroatoms. The second-order valence-corrected chi connectivity index (χ2v) is 29.8. The third-order valence-corrected chi connectivity index (χ3v) is 22.5. The summed E-state index contributed by atoms with van der Waals surface area (Å²) in [4.78, 5) is 119. The molecule has 22 atom stereocenters. The first kappa shape index (κ1) is 69.9. The molecule has 91 heavy (non-hydrogen) atoms. The molecule has 22 nitrogen and oxygen atoms in total. The first-order valence-electron chi connectivity index (χ1n) is 34.4. The highest BCUT2D eigenvalue weighted by atomic mass is 16.7. The van der Waals surface area contributed by atoms with Crippen molar-refractivity contribution in [1.82, 2.24) is 0 Å². The zero-order valence-electron chi connectivity index (χ0n) is 55.4. The average Bonchev–Trinajstić information content (AvgIpc) is 1.71. The molecule has 8 saturated carbocycles. The highest BCUT2D eigenvalue weighted by Gasteiger charge is 2.55. The van der Waals surface area contributed by atoms with E-state index in [9.17, 15) is 47.9 Å². The van der Waals surface area contributed by atoms with Crippen molar-refractivity contribution in [1.29, 1.82) is 0 Å². The number of hydrogen-bond donors (Lipinski definition) is 0. The second-order valence-electron chi connectivity index (χ2n) is 29.8. The maximum absolute atomic E-state index is 12.1. The molecule has 0 spiro atoms. The van der Waals surface area contributed by atoms with E-state index in [2.05, 4.69) is 0 Å². The Morgan fingerprint density at radius 1 is 0.407 bits per heavy atom. The summed E-state index contributed by atoms with van der Waals surface area (Å²) < 4.78 is 65.5. The fourth-order valence-corrected chi connectivity index (χ4v) is 16.3. The average molecular weight is 1280 g/mol. The monoisotopic (exact) mass is 1280 g/mol. The molecule has 0 radical (unpaired) electrons. The fraction of sp³-hybridized carbons (Fsp3) is 0.855. The number of ether oxygens (including phenoxy) is 12. The maximum atomic E-state index is 12.1. The number of carbonyl (C=O) groups excluding carboxylic acids is 10. The van der Waals surface area contributed by atoms with Crippen molar-refractivity contribution in [2.75, 3.05) is 33.2 Å². The van der Waals surface area contributed by atoms with Crippen molar-refractivity contribution in [3.05, 3.63) is 0 Å². The molecule has 8 heterocycles. The lowest BCUT2D eigenvalue weighted by molar-refractivity contribution is -0.190. The number of rotatable bonds is 21. The third kappa shape index (κ3) is 17.1. The van der Waals surface area contributed by atoms with Gasteiger partial charge in [0.15, 0.2) is 13.4 Å². The van der Waals surface area contributed by atoms with Crippen LogP contribution in [0.4, 0.5) is 0 Å². The standard InChI is InChI=1S/C20H30O7.C17H24O6.C17H26O5.C15H22O4/c1-4-20(2,3)19(23)25-6-5-24-16(21)11-26-17-13-7-12-8-14(10-13)18(22)27-15(17)9-12;1-3-9(2)16(19)21-8-14(18)23-15-11-4-10-5-12(7-11)17(20)22-13(15)6-10;1-4-17(2,3)16(19)21-9-20-14-11-5-10-6-12(8-11)15(18)22-13(14)7-10;1-3-8(2)14(16)19-13-10-4-9-5-11(7-10)15(17)18-12(13)6-9/h12-15,17H,4-11H2,1-3H3;9-13,15H,3-8H2,1-2H3;10-14H,4-9H2,1-3H3;8-13H,3-7H2,1-2H3. The van der Waals surface area contributed by atoms with Crippen molar-refractivity contribution in [3.8, 4) is 0 Å². The Morgan fingerprint density at radius 3 is 1.19 bits per heavy atom. The van der Waals surface area contributed by atoms with E-state index in [0.717, 1.165) is 116 Å². The van der Waals surface area contributed by atoms with Gasteiger partial charge < -0.3 is 56.8 Å². The van der Waals surface area contributed by atoms with Gasteiger partial charge >= 0.3 is 59.7 Å². The van der Waals surface area contributed by atoms with Crippen molar-refractivity contribution in [2.45, 2.75) is 246 Å². The Bertz CT molecular complexity index is 2630. The van der Waals surface area contributed by atoms with E-state index in [4.69, 9.17) is 56.8 Å². The van der Waals surface area contributed by atoms with E-state index in [0.29, 0.717) is 48.3 Å². The lowest BCUT2D eigenvalue weighted by Crippen LogP contribution is -2.45. The zero-order chi connectivity index (χ0) is 65.6. The molecule has 16 rings (SSSR count). The van der Waals surface area contributed by atoms with E-state index < -0.39 is 34.8 Å². The lowest BCUT2D eigenvalue weighted by atomic mass is 9.67. The van der Waals surface area contributed by atoms with E-state index in [1.54, 1.807) is 6.92 Å². The Hall–Kier alpha value is -5.38. The Morgan fingerprint density at radius 2 is 0.769 bits per heavy atom. The van der Waals surface area contributed by atoms with E-state index >= 15 is 0 Å². The van der Waals surface area contributed by atoms with Gasteiger partial charge in [-0.3, -0.25) is 38.4 Å². The normalized spacial score (nSPS) is 36.2. The minimum atomic E-state index is -0.560. The first-order valence-corrected chi connectivity index (χ1v) is 34.4. The van der Waals surface area contributed by atoms with Gasteiger partial charge in [0.25, 0.3) is 0 Å². The van der Waals surface area contributed by atoms with E-state index in [-0.39, 0.29) is 165 Å². The molecule has 22 unspecified atom stereocenters. The molecule has 0 aromatic heterocycles. The lowest BCUT2D eigenvalue weighted by Gasteiger charge is -2.41. The predicted molar refractivity (Wildman–Crippen MR) is 321 cm³/mol. The topological polar surface area (TPSA) is 281 Å². The van der Waals surface area contributed by atoms with Gasteiger partial charge in [-0.05, 0) is 192 Å². The van der Waals surface area contributed by atoms with Crippen LogP contribution < -0.4 is 0 Å². The molecule has 8 aliphatic heterocycles. The van der Waals surface area contributed by atoms with Gasteiger partial charge in [-0.1, -0.05) is 41.5 Å². The summed E-state index contributed by atoms with van der Waals surface area (Å²) in [6.07, 6.45) is 15.5. The molecule has 8 saturated heterocycles.